The average Bonchev–Trinajstić information content (AvgIpc) is 2.66. The summed E-state index contributed by atoms with van der Waals surface area (Å²) >= 11 is 0. The number of nitrogens with zero attached hydrogens (tertiary/aromatic N) is 2. The number of hydrogen-bond donors (Lipinski definition) is 3. The number of quaternary nitrogens is 1. The van der Waals surface area contributed by atoms with E-state index in [9.17, 15) is 5.11 Å². The van der Waals surface area contributed by atoms with Gasteiger partial charge in [0.1, 0.15) is 30.2 Å². The van der Waals surface area contributed by atoms with Gasteiger partial charge in [0, 0.05) is 11.6 Å². The number of aryl methyl sites for hydroxylation is 1. The average molecular weight is 378 g/mol. The quantitative estimate of drug-likeness (QED) is 0.469. The molecule has 1 aliphatic heterocycles. The molecule has 0 bridgehead atoms. The third kappa shape index (κ3) is 3.27. The van der Waals surface area contributed by atoms with Crippen molar-refractivity contribution in [1.29, 1.82) is 0 Å². The van der Waals surface area contributed by atoms with Gasteiger partial charge in [-0.25, -0.2) is 4.57 Å². The molecule has 4 rings (SSSR count). The minimum absolute atomic E-state index is 0.105. The van der Waals surface area contributed by atoms with Gasteiger partial charge in [0.2, 0.25) is 12.1 Å². The highest BCUT2D eigenvalue weighted by atomic mass is 16.5. The van der Waals surface area contributed by atoms with Gasteiger partial charge in [-0.15, -0.1) is 0 Å². The number of nitrogen functional groups attached to an aromatic ring is 1. The molecule has 0 amide bonds. The first-order chi connectivity index (χ1) is 13.4. The molecule has 0 fully saturated rings. The van der Waals surface area contributed by atoms with Crippen molar-refractivity contribution in [1.82, 2.24) is 4.98 Å². The van der Waals surface area contributed by atoms with Gasteiger partial charge in [-0.2, -0.15) is 0 Å². The van der Waals surface area contributed by atoms with Crippen molar-refractivity contribution < 1.29 is 19.3 Å². The molecule has 0 saturated heterocycles. The van der Waals surface area contributed by atoms with Crippen LogP contribution in [0.1, 0.15) is 28.2 Å². The Kier molecular flexibility index (Phi) is 4.65. The smallest absolute Gasteiger partial charge is 0.306 e. The summed E-state index contributed by atoms with van der Waals surface area (Å²) in [6.45, 7) is 3.79. The Morgan fingerprint density at radius 3 is 2.64 bits per heavy atom. The van der Waals surface area contributed by atoms with Crippen molar-refractivity contribution in [3.8, 4) is 17.4 Å². The second kappa shape index (κ2) is 7.13. The van der Waals surface area contributed by atoms with Gasteiger partial charge in [-0.05, 0) is 18.6 Å². The number of phenolic OH excluding ortho intramolecular Hbond substituents is 1. The summed E-state index contributed by atoms with van der Waals surface area (Å²) < 4.78 is 8.01. The van der Waals surface area contributed by atoms with Gasteiger partial charge in [0.05, 0.1) is 20.0 Å². The lowest BCUT2D eigenvalue weighted by Crippen LogP contribution is -3.06. The number of likely N-dealkylation sites (N-methyl/N-ethyl adjacent to an activating group) is 1. The third-order valence-electron chi connectivity index (χ3n) is 5.20. The van der Waals surface area contributed by atoms with E-state index in [0.29, 0.717) is 17.4 Å². The minimum Gasteiger partial charge on any atom is -0.508 e. The minimum atomic E-state index is -0.105. The summed E-state index contributed by atoms with van der Waals surface area (Å²) in [5.41, 5.74) is 10.8. The maximum Gasteiger partial charge on any atom is 0.306 e. The van der Waals surface area contributed by atoms with Crippen LogP contribution < -0.4 is 19.9 Å². The molecular weight excluding hydrogens is 352 g/mol. The van der Waals surface area contributed by atoms with E-state index in [2.05, 4.69) is 50.3 Å². The molecule has 2 heterocycles. The predicted octanol–water partition coefficient (Wildman–Crippen LogP) is 1.40. The van der Waals surface area contributed by atoms with E-state index in [-0.39, 0.29) is 11.7 Å². The predicted molar refractivity (Wildman–Crippen MR) is 107 cm³/mol. The number of benzene rings is 2. The van der Waals surface area contributed by atoms with E-state index in [0.717, 1.165) is 29.8 Å². The monoisotopic (exact) mass is 378 g/mol. The molecule has 0 spiro atoms. The molecule has 0 aliphatic carbocycles. The highest BCUT2D eigenvalue weighted by Gasteiger charge is 2.36. The normalized spacial score (nSPS) is 15.1. The van der Waals surface area contributed by atoms with Crippen LogP contribution in [0.4, 0.5) is 5.82 Å². The number of nitrogens with one attached hydrogen (secondary N) is 1. The maximum atomic E-state index is 9.92. The highest BCUT2D eigenvalue weighted by molar-refractivity contribution is 5.62. The maximum absolute atomic E-state index is 9.92. The van der Waals surface area contributed by atoms with Crippen LogP contribution in [0.5, 0.6) is 17.4 Å². The Morgan fingerprint density at radius 1 is 1.18 bits per heavy atom. The van der Waals surface area contributed by atoms with Crippen molar-refractivity contribution in [2.24, 2.45) is 0 Å². The van der Waals surface area contributed by atoms with E-state index >= 15 is 0 Å². The summed E-state index contributed by atoms with van der Waals surface area (Å²) in [4.78, 5) is 5.89. The number of anilines is 1. The van der Waals surface area contributed by atoms with E-state index in [1.165, 1.54) is 10.5 Å². The molecule has 3 aromatic rings. The van der Waals surface area contributed by atoms with Gasteiger partial charge in [-0.1, -0.05) is 40.9 Å². The van der Waals surface area contributed by atoms with E-state index in [1.807, 2.05) is 10.6 Å². The summed E-state index contributed by atoms with van der Waals surface area (Å²) in [7, 11) is 4.23. The van der Waals surface area contributed by atoms with Crippen LogP contribution >= 0.6 is 0 Å². The van der Waals surface area contributed by atoms with E-state index in [4.69, 9.17) is 10.5 Å². The van der Waals surface area contributed by atoms with E-state index < -0.39 is 0 Å². The SMILES string of the molecule is Cc1ccc([C@@H]2c3ccc(O)cc3Oc3nc[n+](CC[NH+](C)C)c(N)c32)cc1. The number of hydrogen-bond acceptors (Lipinski definition) is 4. The molecule has 1 aromatic heterocycles. The first kappa shape index (κ1) is 18.3. The number of aromatic hydroxyl groups is 1. The molecule has 2 aromatic carbocycles. The van der Waals surface area contributed by atoms with Crippen LogP contribution in [0.3, 0.4) is 0 Å². The fourth-order valence-corrected chi connectivity index (χ4v) is 3.61. The Labute approximate surface area is 164 Å². The van der Waals surface area contributed by atoms with Crippen LogP contribution in [0.2, 0.25) is 0 Å². The summed E-state index contributed by atoms with van der Waals surface area (Å²) in [6.07, 6.45) is 1.73. The van der Waals surface area contributed by atoms with Gasteiger partial charge in [-0.3, -0.25) is 0 Å². The summed E-state index contributed by atoms with van der Waals surface area (Å²) in [5.74, 6) is 1.83. The zero-order chi connectivity index (χ0) is 19.8. The van der Waals surface area contributed by atoms with Crippen molar-refractivity contribution in [2.45, 2.75) is 19.4 Å². The molecule has 1 atom stereocenters. The molecule has 0 radical (unpaired) electrons. The van der Waals surface area contributed by atoms with Crippen LogP contribution in [0.15, 0.2) is 48.8 Å². The largest absolute Gasteiger partial charge is 0.508 e. The Balaban J connectivity index is 1.89. The fourth-order valence-electron chi connectivity index (χ4n) is 3.61. The number of aromatic nitrogens is 2. The van der Waals surface area contributed by atoms with Crippen molar-refractivity contribution in [3.63, 3.8) is 0 Å². The first-order valence-electron chi connectivity index (χ1n) is 9.48. The first-order valence-corrected chi connectivity index (χ1v) is 9.48. The molecule has 28 heavy (non-hydrogen) atoms. The Hall–Kier alpha value is -3.12. The Bertz CT molecular complexity index is 1020. The Morgan fingerprint density at radius 2 is 1.93 bits per heavy atom. The van der Waals surface area contributed by atoms with Crippen LogP contribution in [-0.2, 0) is 6.54 Å². The topological polar surface area (TPSA) is 76.7 Å². The highest BCUT2D eigenvalue weighted by Crippen LogP contribution is 2.48. The fraction of sp³-hybridized carbons (Fsp3) is 0.273. The van der Waals surface area contributed by atoms with Gasteiger partial charge in [0.25, 0.3) is 0 Å². The zero-order valence-electron chi connectivity index (χ0n) is 16.4. The molecule has 0 saturated carbocycles. The lowest BCUT2D eigenvalue weighted by Gasteiger charge is -2.27. The molecule has 6 heteroatoms. The van der Waals surface area contributed by atoms with Crippen molar-refractivity contribution in [2.75, 3.05) is 26.4 Å². The zero-order valence-corrected chi connectivity index (χ0v) is 16.4. The lowest BCUT2D eigenvalue weighted by molar-refractivity contribution is -0.882. The second-order valence-electron chi connectivity index (χ2n) is 7.67. The van der Waals surface area contributed by atoms with Gasteiger partial charge >= 0.3 is 5.88 Å². The van der Waals surface area contributed by atoms with Crippen molar-refractivity contribution in [3.05, 3.63) is 71.0 Å². The standard InChI is InChI=1S/C22H24N4O2/c1-14-4-6-15(7-5-14)19-17-9-8-16(27)12-18(17)28-22-20(19)21(23)26(13-24-22)11-10-25(2)3/h4-9,12-13,19,23,27H,10-11H2,1-3H3/p+2/t19-/m1/s1. The number of nitrogens with two attached hydrogens (primary N) is 1. The molecule has 0 unspecified atom stereocenters. The number of fused-ring (bicyclic) bond motifs is 2. The molecule has 4 N–H and O–H groups in total. The lowest BCUT2D eigenvalue weighted by atomic mass is 9.83. The molecule has 1 aliphatic rings. The van der Waals surface area contributed by atoms with E-state index in [1.54, 1.807) is 18.5 Å². The third-order valence-corrected chi connectivity index (χ3v) is 5.20. The van der Waals surface area contributed by atoms with Crippen molar-refractivity contribution >= 4 is 5.82 Å². The number of rotatable bonds is 4. The van der Waals surface area contributed by atoms with Crippen LogP contribution in [0, 0.1) is 6.92 Å². The second-order valence-corrected chi connectivity index (χ2v) is 7.67. The number of phenols is 1. The molecular formula is C22H26N4O2+2. The van der Waals surface area contributed by atoms with Gasteiger partial charge in [0.15, 0.2) is 0 Å². The molecule has 144 valence electrons. The summed E-state index contributed by atoms with van der Waals surface area (Å²) in [5, 5.41) is 9.92. The van der Waals surface area contributed by atoms with Crippen LogP contribution in [-0.4, -0.2) is 30.7 Å². The van der Waals surface area contributed by atoms with Gasteiger partial charge < -0.3 is 20.5 Å². The number of ether oxygens (including phenoxy) is 1. The molecule has 6 nitrogen and oxygen atoms in total. The summed E-state index contributed by atoms with van der Waals surface area (Å²) in [6, 6.07) is 13.6. The van der Waals surface area contributed by atoms with Crippen LogP contribution in [0.25, 0.3) is 0 Å².